The smallest absolute Gasteiger partial charge is 0.309 e. The average Bonchev–Trinajstić information content (AvgIpc) is 2.91. The van der Waals surface area contributed by atoms with Gasteiger partial charge in [-0.1, -0.05) is 6.92 Å². The number of amides is 1. The number of carbonyl (C=O) groups excluding carboxylic acids is 1. The molecule has 0 aliphatic carbocycles. The van der Waals surface area contributed by atoms with Crippen molar-refractivity contribution in [2.24, 2.45) is 5.41 Å². The minimum absolute atomic E-state index is 0.0441. The zero-order chi connectivity index (χ0) is 13.2. The standard InChI is InChI=1S/C13H21NO4/c1-2-13(12(16)17)5-7-14(8-6-13)11(15)10-4-3-9-18-10/h10H,2-9H2,1H3,(H,16,17)/t10-/m0/s1. The molecule has 0 aromatic carbocycles. The van der Waals surface area contributed by atoms with Crippen molar-refractivity contribution in [1.82, 2.24) is 4.90 Å². The Labute approximate surface area is 107 Å². The predicted molar refractivity (Wildman–Crippen MR) is 65.1 cm³/mol. The van der Waals surface area contributed by atoms with E-state index in [1.165, 1.54) is 0 Å². The highest BCUT2D eigenvalue weighted by Crippen LogP contribution is 2.35. The van der Waals surface area contributed by atoms with Crippen LogP contribution in [-0.4, -0.2) is 47.7 Å². The predicted octanol–water partition coefficient (Wildman–Crippen LogP) is 1.27. The highest BCUT2D eigenvalue weighted by Gasteiger charge is 2.42. The number of nitrogens with zero attached hydrogens (tertiary/aromatic N) is 1. The van der Waals surface area contributed by atoms with Gasteiger partial charge < -0.3 is 14.7 Å². The molecule has 1 atom stereocenters. The molecule has 2 aliphatic heterocycles. The second kappa shape index (κ2) is 5.26. The molecule has 0 saturated carbocycles. The quantitative estimate of drug-likeness (QED) is 0.824. The lowest BCUT2D eigenvalue weighted by molar-refractivity contribution is -0.156. The number of ether oxygens (including phenoxy) is 1. The van der Waals surface area contributed by atoms with E-state index in [1.807, 2.05) is 6.92 Å². The number of hydrogen-bond acceptors (Lipinski definition) is 3. The van der Waals surface area contributed by atoms with Gasteiger partial charge in [0.1, 0.15) is 6.10 Å². The normalized spacial score (nSPS) is 27.2. The Kier molecular flexibility index (Phi) is 3.90. The number of aliphatic carboxylic acids is 1. The van der Waals surface area contributed by atoms with Crippen LogP contribution in [0.2, 0.25) is 0 Å². The van der Waals surface area contributed by atoms with Crippen LogP contribution < -0.4 is 0 Å². The molecule has 2 rings (SSSR count). The van der Waals surface area contributed by atoms with Gasteiger partial charge in [0.05, 0.1) is 5.41 Å². The Morgan fingerprint density at radius 2 is 2.06 bits per heavy atom. The molecule has 1 N–H and O–H groups in total. The van der Waals surface area contributed by atoms with E-state index in [0.29, 0.717) is 39.0 Å². The van der Waals surface area contributed by atoms with Crippen LogP contribution in [0.25, 0.3) is 0 Å². The molecule has 0 spiro atoms. The number of piperidine rings is 1. The summed E-state index contributed by atoms with van der Waals surface area (Å²) in [6.45, 7) is 3.65. The van der Waals surface area contributed by atoms with Gasteiger partial charge in [-0.3, -0.25) is 9.59 Å². The van der Waals surface area contributed by atoms with E-state index in [0.717, 1.165) is 12.8 Å². The number of carbonyl (C=O) groups is 2. The second-order valence-electron chi connectivity index (χ2n) is 5.27. The highest BCUT2D eigenvalue weighted by atomic mass is 16.5. The van der Waals surface area contributed by atoms with E-state index in [-0.39, 0.29) is 12.0 Å². The maximum absolute atomic E-state index is 12.1. The number of carboxylic acids is 1. The Hall–Kier alpha value is -1.10. The van der Waals surface area contributed by atoms with Gasteiger partial charge in [-0.15, -0.1) is 0 Å². The lowest BCUT2D eigenvalue weighted by Crippen LogP contribution is -2.49. The molecule has 18 heavy (non-hydrogen) atoms. The van der Waals surface area contributed by atoms with Gasteiger partial charge in [0.15, 0.2) is 0 Å². The molecule has 5 nitrogen and oxygen atoms in total. The number of carboxylic acid groups (broad SMARTS) is 1. The summed E-state index contributed by atoms with van der Waals surface area (Å²) in [5.41, 5.74) is -0.632. The van der Waals surface area contributed by atoms with Gasteiger partial charge in [0.2, 0.25) is 0 Å². The van der Waals surface area contributed by atoms with Gasteiger partial charge in [0.25, 0.3) is 5.91 Å². The minimum Gasteiger partial charge on any atom is -0.481 e. The number of rotatable bonds is 3. The third kappa shape index (κ3) is 2.36. The van der Waals surface area contributed by atoms with Gasteiger partial charge in [-0.2, -0.15) is 0 Å². The SMILES string of the molecule is CCC1(C(=O)O)CCN(C(=O)[C@@H]2CCCO2)CC1. The molecule has 0 aromatic heterocycles. The van der Waals surface area contributed by atoms with Gasteiger partial charge in [0, 0.05) is 19.7 Å². The first kappa shape index (κ1) is 13.3. The summed E-state index contributed by atoms with van der Waals surface area (Å²) in [6.07, 6.45) is 3.19. The zero-order valence-electron chi connectivity index (χ0n) is 10.9. The molecule has 0 radical (unpaired) electrons. The Morgan fingerprint density at radius 3 is 2.50 bits per heavy atom. The lowest BCUT2D eigenvalue weighted by Gasteiger charge is -2.39. The summed E-state index contributed by atoms with van der Waals surface area (Å²) in [5.74, 6) is -0.684. The first-order valence-electron chi connectivity index (χ1n) is 6.73. The van der Waals surface area contributed by atoms with Crippen LogP contribution in [0.3, 0.4) is 0 Å². The van der Waals surface area contributed by atoms with Crippen molar-refractivity contribution < 1.29 is 19.4 Å². The van der Waals surface area contributed by atoms with Crippen molar-refractivity contribution in [3.8, 4) is 0 Å². The third-order valence-corrected chi connectivity index (χ3v) is 4.37. The minimum atomic E-state index is -0.728. The monoisotopic (exact) mass is 255 g/mol. The largest absolute Gasteiger partial charge is 0.481 e. The first-order chi connectivity index (χ1) is 8.59. The van der Waals surface area contributed by atoms with E-state index in [2.05, 4.69) is 0 Å². The third-order valence-electron chi connectivity index (χ3n) is 4.37. The van der Waals surface area contributed by atoms with Crippen LogP contribution in [0.15, 0.2) is 0 Å². The zero-order valence-corrected chi connectivity index (χ0v) is 10.9. The summed E-state index contributed by atoms with van der Waals surface area (Å²) < 4.78 is 5.39. The molecule has 0 aromatic rings. The van der Waals surface area contributed by atoms with E-state index in [9.17, 15) is 14.7 Å². The summed E-state index contributed by atoms with van der Waals surface area (Å²) in [7, 11) is 0. The van der Waals surface area contributed by atoms with Crippen LogP contribution in [0.1, 0.15) is 39.0 Å². The van der Waals surface area contributed by atoms with Crippen molar-refractivity contribution in [3.63, 3.8) is 0 Å². The molecule has 0 bridgehead atoms. The molecule has 2 saturated heterocycles. The fraction of sp³-hybridized carbons (Fsp3) is 0.846. The summed E-state index contributed by atoms with van der Waals surface area (Å²) >= 11 is 0. The maximum atomic E-state index is 12.1. The number of hydrogen-bond donors (Lipinski definition) is 1. The molecule has 102 valence electrons. The van der Waals surface area contributed by atoms with Crippen molar-refractivity contribution in [2.75, 3.05) is 19.7 Å². The van der Waals surface area contributed by atoms with Crippen LogP contribution >= 0.6 is 0 Å². The molecule has 1 amide bonds. The van der Waals surface area contributed by atoms with Crippen LogP contribution in [-0.2, 0) is 14.3 Å². The van der Waals surface area contributed by atoms with Gasteiger partial charge >= 0.3 is 5.97 Å². The van der Waals surface area contributed by atoms with Crippen LogP contribution in [0.4, 0.5) is 0 Å². The van der Waals surface area contributed by atoms with Crippen molar-refractivity contribution in [1.29, 1.82) is 0 Å². The summed E-state index contributed by atoms with van der Waals surface area (Å²) in [6, 6.07) is 0. The summed E-state index contributed by atoms with van der Waals surface area (Å²) in [5, 5.41) is 9.30. The molecular formula is C13H21NO4. The molecule has 2 fully saturated rings. The second-order valence-corrected chi connectivity index (χ2v) is 5.27. The fourth-order valence-electron chi connectivity index (χ4n) is 2.85. The van der Waals surface area contributed by atoms with Gasteiger partial charge in [-0.25, -0.2) is 0 Å². The lowest BCUT2D eigenvalue weighted by atomic mass is 9.76. The van der Waals surface area contributed by atoms with E-state index < -0.39 is 11.4 Å². The Balaban J connectivity index is 1.93. The average molecular weight is 255 g/mol. The molecule has 2 aliphatic rings. The Morgan fingerprint density at radius 1 is 1.39 bits per heavy atom. The van der Waals surface area contributed by atoms with Crippen molar-refractivity contribution in [3.05, 3.63) is 0 Å². The Bertz CT molecular complexity index is 328. The topological polar surface area (TPSA) is 66.8 Å². The van der Waals surface area contributed by atoms with E-state index >= 15 is 0 Å². The maximum Gasteiger partial charge on any atom is 0.309 e. The van der Waals surface area contributed by atoms with Crippen LogP contribution in [0.5, 0.6) is 0 Å². The van der Waals surface area contributed by atoms with Crippen molar-refractivity contribution >= 4 is 11.9 Å². The highest BCUT2D eigenvalue weighted by molar-refractivity contribution is 5.82. The fourth-order valence-corrected chi connectivity index (χ4v) is 2.85. The molecular weight excluding hydrogens is 234 g/mol. The van der Waals surface area contributed by atoms with Crippen LogP contribution in [0, 0.1) is 5.41 Å². The van der Waals surface area contributed by atoms with E-state index in [4.69, 9.17) is 4.74 Å². The number of likely N-dealkylation sites (tertiary alicyclic amines) is 1. The van der Waals surface area contributed by atoms with E-state index in [1.54, 1.807) is 4.90 Å². The first-order valence-corrected chi connectivity index (χ1v) is 6.73. The van der Waals surface area contributed by atoms with Gasteiger partial charge in [-0.05, 0) is 32.1 Å². The molecule has 0 unspecified atom stereocenters. The molecule has 2 heterocycles. The molecule has 5 heteroatoms. The van der Waals surface area contributed by atoms with Crippen molar-refractivity contribution in [2.45, 2.75) is 45.1 Å². The summed E-state index contributed by atoms with van der Waals surface area (Å²) in [4.78, 5) is 25.2.